The highest BCUT2D eigenvalue weighted by Gasteiger charge is 2.34. The average Bonchev–Trinajstić information content (AvgIpc) is 2.99. The van der Waals surface area contributed by atoms with E-state index in [0.29, 0.717) is 61.1 Å². The van der Waals surface area contributed by atoms with Crippen LogP contribution in [0.25, 0.3) is 0 Å². The molecule has 1 atom stereocenters. The maximum atomic E-state index is 14.1. The van der Waals surface area contributed by atoms with Gasteiger partial charge in [-0.3, -0.25) is 9.59 Å². The molecule has 0 saturated carbocycles. The van der Waals surface area contributed by atoms with Crippen molar-refractivity contribution in [3.05, 3.63) is 112 Å². The molecule has 0 saturated heterocycles. The molecule has 7 rings (SSSR count). The Labute approximate surface area is 250 Å². The van der Waals surface area contributed by atoms with E-state index < -0.39 is 5.91 Å². The SMILES string of the molecule is COc1ccc2cc1OCCCNC(=O)c1cc(ccc1O)Oc1ccc3c(c1)CCN(C(=O)c1cc(C)cc(C)c1)C23. The number of nitrogens with one attached hydrogen (secondary N) is 1. The molecule has 3 aliphatic rings. The Morgan fingerprint density at radius 2 is 1.74 bits per heavy atom. The number of hydrogen-bond donors (Lipinski definition) is 2. The smallest absolute Gasteiger partial charge is 0.255 e. The van der Waals surface area contributed by atoms with E-state index in [-0.39, 0.29) is 23.3 Å². The maximum absolute atomic E-state index is 14.1. The molecule has 0 aromatic heterocycles. The molecule has 4 aromatic rings. The lowest BCUT2D eigenvalue weighted by atomic mass is 9.87. The van der Waals surface area contributed by atoms with Gasteiger partial charge in [-0.2, -0.15) is 0 Å². The van der Waals surface area contributed by atoms with Crippen LogP contribution in [0.1, 0.15) is 61.0 Å². The third kappa shape index (κ3) is 5.73. The van der Waals surface area contributed by atoms with Crippen LogP contribution in [0.15, 0.2) is 72.8 Å². The van der Waals surface area contributed by atoms with Crippen molar-refractivity contribution in [2.45, 2.75) is 32.7 Å². The first-order valence-corrected chi connectivity index (χ1v) is 14.4. The molecule has 8 bridgehead atoms. The van der Waals surface area contributed by atoms with Crippen LogP contribution in [-0.2, 0) is 6.42 Å². The summed E-state index contributed by atoms with van der Waals surface area (Å²) >= 11 is 0. The van der Waals surface area contributed by atoms with Gasteiger partial charge in [0.25, 0.3) is 11.8 Å². The summed E-state index contributed by atoms with van der Waals surface area (Å²) in [6.07, 6.45) is 1.17. The lowest BCUT2D eigenvalue weighted by Gasteiger charge is -2.38. The molecule has 0 radical (unpaired) electrons. The third-order valence-corrected chi connectivity index (χ3v) is 7.89. The van der Waals surface area contributed by atoms with E-state index in [2.05, 4.69) is 11.4 Å². The Kier molecular flexibility index (Phi) is 7.67. The van der Waals surface area contributed by atoms with Crippen molar-refractivity contribution in [1.82, 2.24) is 10.2 Å². The van der Waals surface area contributed by atoms with E-state index in [1.165, 1.54) is 12.1 Å². The number of phenolic OH excluding ortho intramolecular Hbond substituents is 1. The fraction of sp³-hybridized carbons (Fsp3) is 0.257. The number of aromatic hydroxyl groups is 1. The minimum Gasteiger partial charge on any atom is -0.507 e. The summed E-state index contributed by atoms with van der Waals surface area (Å²) in [6, 6.07) is 21.8. The number of carbonyl (C=O) groups is 2. The van der Waals surface area contributed by atoms with Gasteiger partial charge in [0.2, 0.25) is 0 Å². The number of hydrogen-bond acceptors (Lipinski definition) is 6. The summed E-state index contributed by atoms with van der Waals surface area (Å²) in [5.74, 6) is 1.62. The van der Waals surface area contributed by atoms with E-state index >= 15 is 0 Å². The largest absolute Gasteiger partial charge is 0.507 e. The Morgan fingerprint density at radius 3 is 2.53 bits per heavy atom. The normalized spacial score (nSPS) is 16.3. The number of fused-ring (bicyclic) bond motifs is 6. The number of amides is 2. The van der Waals surface area contributed by atoms with Crippen LogP contribution < -0.4 is 19.5 Å². The van der Waals surface area contributed by atoms with Gasteiger partial charge in [-0.15, -0.1) is 0 Å². The molecule has 0 spiro atoms. The Bertz CT molecular complexity index is 1690. The van der Waals surface area contributed by atoms with E-state index in [1.54, 1.807) is 13.2 Å². The molecule has 8 nitrogen and oxygen atoms in total. The predicted octanol–water partition coefficient (Wildman–Crippen LogP) is 6.11. The molecule has 3 aliphatic heterocycles. The van der Waals surface area contributed by atoms with Crippen molar-refractivity contribution in [2.24, 2.45) is 0 Å². The lowest BCUT2D eigenvalue weighted by molar-refractivity contribution is 0.0693. The van der Waals surface area contributed by atoms with Gasteiger partial charge < -0.3 is 29.5 Å². The first kappa shape index (κ1) is 28.2. The quantitative estimate of drug-likeness (QED) is 0.298. The highest BCUT2D eigenvalue weighted by Crippen LogP contribution is 2.41. The molecule has 3 heterocycles. The first-order valence-electron chi connectivity index (χ1n) is 14.4. The van der Waals surface area contributed by atoms with E-state index in [4.69, 9.17) is 14.2 Å². The number of aryl methyl sites for hydroxylation is 2. The van der Waals surface area contributed by atoms with Crippen LogP contribution in [0.3, 0.4) is 0 Å². The van der Waals surface area contributed by atoms with Gasteiger partial charge in [0.15, 0.2) is 11.5 Å². The maximum Gasteiger partial charge on any atom is 0.255 e. The van der Waals surface area contributed by atoms with Crippen molar-refractivity contribution in [3.63, 3.8) is 0 Å². The molecule has 43 heavy (non-hydrogen) atoms. The van der Waals surface area contributed by atoms with Crippen LogP contribution in [-0.4, -0.2) is 48.6 Å². The standard InChI is InChI=1S/C35H34N2O6/c1-21-15-22(2)17-25(16-21)35(40)37-13-11-23-18-26-6-8-28(23)33(37)24-5-10-31(41-3)32(19-24)42-14-4-12-36-34(39)29-20-27(43-26)7-9-30(29)38/h5-10,15-20,33,38H,4,11-14H2,1-3H3,(H,36,39). The minimum atomic E-state index is -0.398. The van der Waals surface area contributed by atoms with Crippen LogP contribution in [0.5, 0.6) is 28.7 Å². The topological polar surface area (TPSA) is 97.3 Å². The van der Waals surface area contributed by atoms with Gasteiger partial charge in [0.1, 0.15) is 17.2 Å². The van der Waals surface area contributed by atoms with Crippen molar-refractivity contribution in [2.75, 3.05) is 26.8 Å². The second-order valence-electron chi connectivity index (χ2n) is 11.0. The zero-order valence-electron chi connectivity index (χ0n) is 24.5. The van der Waals surface area contributed by atoms with Crippen LogP contribution >= 0.6 is 0 Å². The highest BCUT2D eigenvalue weighted by molar-refractivity contribution is 5.97. The number of ether oxygens (including phenoxy) is 3. The average molecular weight is 579 g/mol. The summed E-state index contributed by atoms with van der Waals surface area (Å²) in [7, 11) is 1.59. The van der Waals surface area contributed by atoms with Gasteiger partial charge in [-0.05, 0) is 98.0 Å². The molecule has 0 fully saturated rings. The third-order valence-electron chi connectivity index (χ3n) is 7.89. The summed E-state index contributed by atoms with van der Waals surface area (Å²) in [4.78, 5) is 28.8. The number of nitrogens with zero attached hydrogens (tertiary/aromatic N) is 1. The van der Waals surface area contributed by atoms with Gasteiger partial charge >= 0.3 is 0 Å². The summed E-state index contributed by atoms with van der Waals surface area (Å²) in [5.41, 5.74) is 5.84. The van der Waals surface area contributed by atoms with Crippen molar-refractivity contribution < 1.29 is 28.9 Å². The zero-order valence-corrected chi connectivity index (χ0v) is 24.5. The molecular weight excluding hydrogens is 544 g/mol. The Hall–Kier alpha value is -4.98. The van der Waals surface area contributed by atoms with E-state index in [9.17, 15) is 14.7 Å². The zero-order chi connectivity index (χ0) is 30.1. The first-order chi connectivity index (χ1) is 20.8. The summed E-state index contributed by atoms with van der Waals surface area (Å²) in [6.45, 7) is 5.19. The fourth-order valence-electron chi connectivity index (χ4n) is 5.93. The number of carbonyl (C=O) groups excluding carboxylic acids is 2. The number of rotatable bonds is 2. The Morgan fingerprint density at radius 1 is 0.977 bits per heavy atom. The number of benzene rings is 4. The summed E-state index contributed by atoms with van der Waals surface area (Å²) in [5, 5.41) is 13.2. The molecule has 1 unspecified atom stereocenters. The monoisotopic (exact) mass is 578 g/mol. The van der Waals surface area contributed by atoms with Crippen molar-refractivity contribution in [1.29, 1.82) is 0 Å². The predicted molar refractivity (Wildman–Crippen MR) is 163 cm³/mol. The van der Waals surface area contributed by atoms with Crippen LogP contribution in [0.2, 0.25) is 0 Å². The minimum absolute atomic E-state index is 0.0319. The molecule has 220 valence electrons. The van der Waals surface area contributed by atoms with Gasteiger partial charge in [0.05, 0.1) is 25.3 Å². The molecular formula is C35H34N2O6. The van der Waals surface area contributed by atoms with Crippen molar-refractivity contribution in [3.8, 4) is 28.7 Å². The number of methoxy groups -OCH3 is 1. The Balaban J connectivity index is 1.46. The lowest BCUT2D eigenvalue weighted by Crippen LogP contribution is -2.40. The van der Waals surface area contributed by atoms with Gasteiger partial charge in [-0.25, -0.2) is 0 Å². The van der Waals surface area contributed by atoms with Gasteiger partial charge in [-0.1, -0.05) is 29.3 Å². The number of phenols is 1. The van der Waals surface area contributed by atoms with Gasteiger partial charge in [0, 0.05) is 18.7 Å². The second kappa shape index (κ2) is 11.7. The second-order valence-corrected chi connectivity index (χ2v) is 11.0. The molecule has 4 aromatic carbocycles. The molecule has 0 aliphatic carbocycles. The van der Waals surface area contributed by atoms with Crippen molar-refractivity contribution >= 4 is 11.8 Å². The summed E-state index contributed by atoms with van der Waals surface area (Å²) < 4.78 is 17.9. The fourth-order valence-corrected chi connectivity index (χ4v) is 5.93. The molecule has 8 heteroatoms. The highest BCUT2D eigenvalue weighted by atomic mass is 16.5. The molecule has 2 amide bonds. The van der Waals surface area contributed by atoms with Crippen LogP contribution in [0, 0.1) is 13.8 Å². The van der Waals surface area contributed by atoms with E-state index in [0.717, 1.165) is 27.8 Å². The van der Waals surface area contributed by atoms with Crippen LogP contribution in [0.4, 0.5) is 0 Å². The molecule has 2 N–H and O–H groups in total. The van der Waals surface area contributed by atoms with E-state index in [1.807, 2.05) is 67.3 Å².